The van der Waals surface area contributed by atoms with Crippen LogP contribution in [0.25, 0.3) is 11.0 Å². The van der Waals surface area contributed by atoms with Crippen LogP contribution in [-0.2, 0) is 10.0 Å². The Labute approximate surface area is 147 Å². The lowest BCUT2D eigenvalue weighted by Crippen LogP contribution is -2.46. The first kappa shape index (κ1) is 17.8. The maximum Gasteiger partial charge on any atom is 0.251 e. The van der Waals surface area contributed by atoms with Gasteiger partial charge in [0.25, 0.3) is 5.91 Å². The van der Waals surface area contributed by atoms with E-state index in [1.54, 1.807) is 18.2 Å². The first-order valence-electron chi connectivity index (χ1n) is 8.25. The Morgan fingerprint density at radius 3 is 2.32 bits per heavy atom. The molecule has 1 fully saturated rings. The second kappa shape index (κ2) is 6.68. The van der Waals surface area contributed by atoms with Gasteiger partial charge in [-0.05, 0) is 44.9 Å². The third-order valence-corrected chi connectivity index (χ3v) is 5.90. The lowest BCUT2D eigenvalue weighted by molar-refractivity contribution is 0.0924. The molecule has 1 aliphatic heterocycles. The van der Waals surface area contributed by atoms with Crippen LogP contribution >= 0.6 is 0 Å². The predicted molar refractivity (Wildman–Crippen MR) is 95.9 cm³/mol. The third-order valence-electron chi connectivity index (χ3n) is 4.60. The monoisotopic (exact) mass is 362 g/mol. The summed E-state index contributed by atoms with van der Waals surface area (Å²) in [5.41, 5.74) is 3.72. The van der Waals surface area contributed by atoms with Gasteiger partial charge in [-0.15, -0.1) is 0 Å². The molecule has 1 saturated heterocycles. The summed E-state index contributed by atoms with van der Waals surface area (Å²) in [5.74, 6) is -0.167. The molecule has 7 nitrogen and oxygen atoms in total. The molecule has 0 aliphatic carbocycles. The normalized spacial score (nSPS) is 16.9. The molecule has 0 bridgehead atoms. The highest BCUT2D eigenvalue weighted by atomic mass is 32.2. The van der Waals surface area contributed by atoms with E-state index >= 15 is 0 Å². The molecule has 1 N–H and O–H groups in total. The maximum atomic E-state index is 12.5. The first-order valence-corrected chi connectivity index (χ1v) is 10.1. The lowest BCUT2D eigenvalue weighted by atomic mass is 10.1. The minimum Gasteiger partial charge on any atom is -0.349 e. The number of hydrogen-bond donors (Lipinski definition) is 1. The molecule has 1 aliphatic rings. The second-order valence-electron chi connectivity index (χ2n) is 6.51. The number of nitrogens with one attached hydrogen (secondary N) is 1. The molecule has 134 valence electrons. The van der Waals surface area contributed by atoms with Crippen molar-refractivity contribution in [3.05, 3.63) is 35.2 Å². The Bertz CT molecular complexity index is 919. The van der Waals surface area contributed by atoms with Crippen molar-refractivity contribution >= 4 is 27.0 Å². The predicted octanol–water partition coefficient (Wildman–Crippen LogP) is 1.40. The largest absolute Gasteiger partial charge is 0.349 e. The number of aryl methyl sites for hydroxylation is 2. The van der Waals surface area contributed by atoms with Crippen LogP contribution in [0.5, 0.6) is 0 Å². The summed E-state index contributed by atoms with van der Waals surface area (Å²) in [6, 6.07) is 5.27. The SMILES string of the molecule is Cc1nc2ccc(C(=O)NC3CCN(S(C)(=O)=O)CC3)cc2nc1C. The molecule has 0 atom stereocenters. The number of piperidine rings is 1. The topological polar surface area (TPSA) is 92.3 Å². The number of hydrogen-bond acceptors (Lipinski definition) is 5. The molecule has 1 aromatic heterocycles. The maximum absolute atomic E-state index is 12.5. The molecule has 0 saturated carbocycles. The summed E-state index contributed by atoms with van der Waals surface area (Å²) in [5, 5.41) is 2.99. The van der Waals surface area contributed by atoms with Gasteiger partial charge in [0.1, 0.15) is 0 Å². The van der Waals surface area contributed by atoms with Crippen LogP contribution in [0.2, 0.25) is 0 Å². The van der Waals surface area contributed by atoms with Crippen molar-refractivity contribution in [1.82, 2.24) is 19.6 Å². The zero-order valence-corrected chi connectivity index (χ0v) is 15.4. The van der Waals surface area contributed by atoms with Gasteiger partial charge in [0.05, 0.1) is 28.7 Å². The van der Waals surface area contributed by atoms with Crippen molar-refractivity contribution in [2.75, 3.05) is 19.3 Å². The quantitative estimate of drug-likeness (QED) is 0.891. The Kier molecular flexibility index (Phi) is 4.75. The van der Waals surface area contributed by atoms with Gasteiger partial charge in [0.2, 0.25) is 10.0 Å². The van der Waals surface area contributed by atoms with Crippen molar-refractivity contribution < 1.29 is 13.2 Å². The van der Waals surface area contributed by atoms with Crippen molar-refractivity contribution in [3.8, 4) is 0 Å². The van der Waals surface area contributed by atoms with Crippen LogP contribution in [0.15, 0.2) is 18.2 Å². The fourth-order valence-electron chi connectivity index (χ4n) is 2.97. The number of carbonyl (C=O) groups is 1. The van der Waals surface area contributed by atoms with E-state index in [2.05, 4.69) is 15.3 Å². The molecular formula is C17H22N4O3S. The summed E-state index contributed by atoms with van der Waals surface area (Å²) in [4.78, 5) is 21.4. The van der Waals surface area contributed by atoms with Gasteiger partial charge < -0.3 is 5.32 Å². The van der Waals surface area contributed by atoms with E-state index in [0.29, 0.717) is 37.0 Å². The van der Waals surface area contributed by atoms with Gasteiger partial charge in [0, 0.05) is 24.7 Å². The first-order chi connectivity index (χ1) is 11.7. The summed E-state index contributed by atoms with van der Waals surface area (Å²) >= 11 is 0. The smallest absolute Gasteiger partial charge is 0.251 e. The number of sulfonamides is 1. The third kappa shape index (κ3) is 3.96. The average molecular weight is 362 g/mol. The number of aromatic nitrogens is 2. The van der Waals surface area contributed by atoms with Crippen molar-refractivity contribution in [2.24, 2.45) is 0 Å². The van der Waals surface area contributed by atoms with E-state index in [1.165, 1.54) is 10.6 Å². The van der Waals surface area contributed by atoms with E-state index in [-0.39, 0.29) is 11.9 Å². The Balaban J connectivity index is 1.70. The molecule has 0 spiro atoms. The minimum atomic E-state index is -3.16. The molecule has 1 amide bonds. The van der Waals surface area contributed by atoms with E-state index in [1.807, 2.05) is 13.8 Å². The summed E-state index contributed by atoms with van der Waals surface area (Å²) in [6.45, 7) is 4.67. The van der Waals surface area contributed by atoms with Gasteiger partial charge in [-0.25, -0.2) is 22.7 Å². The highest BCUT2D eigenvalue weighted by Crippen LogP contribution is 2.17. The number of nitrogens with zero attached hydrogens (tertiary/aromatic N) is 3. The van der Waals surface area contributed by atoms with Crippen LogP contribution in [0.4, 0.5) is 0 Å². The number of carbonyl (C=O) groups excluding carboxylic acids is 1. The van der Waals surface area contributed by atoms with Crippen LogP contribution in [-0.4, -0.2) is 54.0 Å². The fraction of sp³-hybridized carbons (Fsp3) is 0.471. The second-order valence-corrected chi connectivity index (χ2v) is 8.49. The van der Waals surface area contributed by atoms with Crippen LogP contribution in [0.3, 0.4) is 0 Å². The van der Waals surface area contributed by atoms with Gasteiger partial charge in [0.15, 0.2) is 0 Å². The Morgan fingerprint density at radius 2 is 1.72 bits per heavy atom. The molecule has 25 heavy (non-hydrogen) atoms. The molecule has 0 unspecified atom stereocenters. The summed E-state index contributed by atoms with van der Waals surface area (Å²) < 4.78 is 24.5. The molecule has 2 aromatic rings. The van der Waals surface area contributed by atoms with Crippen molar-refractivity contribution in [2.45, 2.75) is 32.7 Å². The molecule has 3 rings (SSSR count). The van der Waals surface area contributed by atoms with Gasteiger partial charge in [-0.1, -0.05) is 0 Å². The number of fused-ring (bicyclic) bond motifs is 1. The molecular weight excluding hydrogens is 340 g/mol. The summed E-state index contributed by atoms with van der Waals surface area (Å²) in [6.07, 6.45) is 2.45. The lowest BCUT2D eigenvalue weighted by Gasteiger charge is -2.30. The van der Waals surface area contributed by atoms with Gasteiger partial charge in [-0.2, -0.15) is 0 Å². The number of rotatable bonds is 3. The molecule has 1 aromatic carbocycles. The van der Waals surface area contributed by atoms with Crippen LogP contribution in [0.1, 0.15) is 34.6 Å². The van der Waals surface area contributed by atoms with E-state index < -0.39 is 10.0 Å². The zero-order chi connectivity index (χ0) is 18.2. The fourth-order valence-corrected chi connectivity index (χ4v) is 3.85. The van der Waals surface area contributed by atoms with E-state index in [9.17, 15) is 13.2 Å². The number of benzene rings is 1. The highest BCUT2D eigenvalue weighted by Gasteiger charge is 2.26. The van der Waals surface area contributed by atoms with Crippen molar-refractivity contribution in [3.63, 3.8) is 0 Å². The van der Waals surface area contributed by atoms with E-state index in [0.717, 1.165) is 16.9 Å². The number of amides is 1. The Morgan fingerprint density at radius 1 is 1.12 bits per heavy atom. The highest BCUT2D eigenvalue weighted by molar-refractivity contribution is 7.88. The standard InChI is InChI=1S/C17H22N4O3S/c1-11-12(2)19-16-10-13(4-5-15(16)18-11)17(22)20-14-6-8-21(9-7-14)25(3,23)24/h4-5,10,14H,6-9H2,1-3H3,(H,20,22). The van der Waals surface area contributed by atoms with Crippen LogP contribution in [0, 0.1) is 13.8 Å². The molecule has 8 heteroatoms. The molecule has 0 radical (unpaired) electrons. The zero-order valence-electron chi connectivity index (χ0n) is 14.6. The van der Waals surface area contributed by atoms with Crippen LogP contribution < -0.4 is 5.32 Å². The Hall–Kier alpha value is -2.06. The van der Waals surface area contributed by atoms with Gasteiger partial charge >= 0.3 is 0 Å². The summed E-state index contributed by atoms with van der Waals surface area (Å²) in [7, 11) is -3.16. The molecule has 2 heterocycles. The van der Waals surface area contributed by atoms with Gasteiger partial charge in [-0.3, -0.25) is 4.79 Å². The van der Waals surface area contributed by atoms with E-state index in [4.69, 9.17) is 0 Å². The minimum absolute atomic E-state index is 0.0213. The van der Waals surface area contributed by atoms with Crippen molar-refractivity contribution in [1.29, 1.82) is 0 Å². The average Bonchev–Trinajstić information content (AvgIpc) is 2.55.